The zero-order valence-electron chi connectivity index (χ0n) is 15.6. The maximum atomic E-state index is 14.0. The summed E-state index contributed by atoms with van der Waals surface area (Å²) in [4.78, 5) is 25.0. The molecule has 0 unspecified atom stereocenters. The quantitative estimate of drug-likeness (QED) is 0.552. The van der Waals surface area contributed by atoms with Crippen LogP contribution in [0.25, 0.3) is 0 Å². The highest BCUT2D eigenvalue weighted by molar-refractivity contribution is 7.11. The lowest BCUT2D eigenvalue weighted by Gasteiger charge is -2.16. The number of nitrogens with zero attached hydrogens (tertiary/aromatic N) is 2. The number of halogens is 3. The van der Waals surface area contributed by atoms with E-state index in [2.05, 4.69) is 9.69 Å². The van der Waals surface area contributed by atoms with Crippen LogP contribution in [0.1, 0.15) is 27.9 Å². The minimum atomic E-state index is -1.47. The van der Waals surface area contributed by atoms with E-state index in [0.29, 0.717) is 31.0 Å². The number of nitrogens with two attached hydrogens (primary N) is 1. The van der Waals surface area contributed by atoms with Crippen molar-refractivity contribution < 1.29 is 32.6 Å². The van der Waals surface area contributed by atoms with E-state index in [9.17, 15) is 27.9 Å². The lowest BCUT2D eigenvalue weighted by molar-refractivity contribution is 0.0693. The molecule has 0 aliphatic heterocycles. The van der Waals surface area contributed by atoms with Gasteiger partial charge in [-0.25, -0.2) is 22.8 Å². The van der Waals surface area contributed by atoms with Gasteiger partial charge in [0.2, 0.25) is 5.88 Å². The van der Waals surface area contributed by atoms with Crippen LogP contribution in [-0.2, 0) is 6.61 Å². The largest absolute Gasteiger partial charge is 0.477 e. The van der Waals surface area contributed by atoms with E-state index in [4.69, 9.17) is 10.5 Å². The van der Waals surface area contributed by atoms with Gasteiger partial charge >= 0.3 is 12.0 Å². The highest BCUT2D eigenvalue weighted by Crippen LogP contribution is 2.32. The van der Waals surface area contributed by atoms with Crippen LogP contribution in [0, 0.1) is 24.4 Å². The fourth-order valence-electron chi connectivity index (χ4n) is 2.29. The first-order chi connectivity index (χ1) is 13.7. The number of hydrogen-bond donors (Lipinski definition) is 3. The van der Waals surface area contributed by atoms with Crippen molar-refractivity contribution in [2.45, 2.75) is 20.0 Å². The number of nitrogens with one attached hydrogen (secondary N) is 1. The summed E-state index contributed by atoms with van der Waals surface area (Å²) in [5.74, 6) is -5.62. The van der Waals surface area contributed by atoms with Gasteiger partial charge in [-0.2, -0.15) is 4.37 Å². The summed E-state index contributed by atoms with van der Waals surface area (Å²) in [7, 11) is 1.50. The van der Waals surface area contributed by atoms with Crippen molar-refractivity contribution in [1.29, 1.82) is 0 Å². The molecule has 158 valence electrons. The van der Waals surface area contributed by atoms with Crippen LogP contribution in [0.4, 0.5) is 23.0 Å². The number of carboxylic acid groups (broad SMARTS) is 1. The molecule has 0 saturated heterocycles. The molecule has 0 aliphatic carbocycles. The molecule has 8 nitrogen and oxygen atoms in total. The molecule has 0 saturated carbocycles. The Labute approximate surface area is 168 Å². The Hall–Kier alpha value is -2.86. The minimum Gasteiger partial charge on any atom is -0.477 e. The Morgan fingerprint density at radius 2 is 2.03 bits per heavy atom. The molecular formula is C17H19F3N4O4S. The fraction of sp³-hybridized carbons (Fsp3) is 0.353. The maximum absolute atomic E-state index is 14.0. The van der Waals surface area contributed by atoms with Crippen molar-refractivity contribution in [1.82, 2.24) is 9.27 Å². The molecule has 0 radical (unpaired) electrons. The molecule has 1 aromatic heterocycles. The second-order valence-electron chi connectivity index (χ2n) is 6.06. The van der Waals surface area contributed by atoms with Crippen LogP contribution < -0.4 is 15.8 Å². The summed E-state index contributed by atoms with van der Waals surface area (Å²) < 4.78 is 50.4. The van der Waals surface area contributed by atoms with Crippen molar-refractivity contribution in [3.8, 4) is 5.88 Å². The molecule has 1 heterocycles. The van der Waals surface area contributed by atoms with E-state index in [1.54, 1.807) is 0 Å². The molecule has 2 amide bonds. The van der Waals surface area contributed by atoms with Crippen molar-refractivity contribution in [2.75, 3.05) is 25.5 Å². The van der Waals surface area contributed by atoms with E-state index < -0.39 is 53.1 Å². The fourth-order valence-corrected chi connectivity index (χ4v) is 3.01. The number of benzene rings is 1. The normalized spacial score (nSPS) is 10.7. The molecule has 0 spiro atoms. The molecule has 4 N–H and O–H groups in total. The monoisotopic (exact) mass is 432 g/mol. The predicted molar refractivity (Wildman–Crippen MR) is 99.8 cm³/mol. The lowest BCUT2D eigenvalue weighted by Crippen LogP contribution is -2.33. The molecule has 29 heavy (non-hydrogen) atoms. The number of carbonyl (C=O) groups excluding carboxylic acids is 1. The van der Waals surface area contributed by atoms with Crippen molar-refractivity contribution in [3.63, 3.8) is 0 Å². The molecule has 1 aromatic carbocycles. The highest BCUT2D eigenvalue weighted by Gasteiger charge is 2.25. The summed E-state index contributed by atoms with van der Waals surface area (Å²) in [6.07, 6.45) is 0.553. The van der Waals surface area contributed by atoms with Gasteiger partial charge in [-0.1, -0.05) is 0 Å². The standard InChI is InChI=1S/C17H19F3N4O4S/c1-8-6-10(18)9(13(20)12(8)19)7-28-14-11(16(25)26)15(29-23-14)22-17(27)24(2)5-3-4-21/h6H,3-5,7,21H2,1-2H3,(H,22,27)(H,25,26). The van der Waals surface area contributed by atoms with Crippen molar-refractivity contribution >= 4 is 28.5 Å². The zero-order chi connectivity index (χ0) is 21.7. The lowest BCUT2D eigenvalue weighted by atomic mass is 10.1. The van der Waals surface area contributed by atoms with Gasteiger partial charge in [-0.05, 0) is 43.1 Å². The van der Waals surface area contributed by atoms with Gasteiger partial charge in [0.05, 0.1) is 5.56 Å². The topological polar surface area (TPSA) is 118 Å². The van der Waals surface area contributed by atoms with Gasteiger partial charge in [-0.3, -0.25) is 5.32 Å². The Balaban J connectivity index is 2.20. The van der Waals surface area contributed by atoms with Crippen LogP contribution in [0.3, 0.4) is 0 Å². The van der Waals surface area contributed by atoms with Crippen LogP contribution in [0.2, 0.25) is 0 Å². The van der Waals surface area contributed by atoms with E-state index in [1.165, 1.54) is 18.9 Å². The van der Waals surface area contributed by atoms with Gasteiger partial charge in [-0.15, -0.1) is 0 Å². The summed E-state index contributed by atoms with van der Waals surface area (Å²) >= 11 is 0.623. The third kappa shape index (κ3) is 5.15. The number of amides is 2. The number of ether oxygens (including phenoxy) is 1. The third-order valence-electron chi connectivity index (χ3n) is 3.93. The summed E-state index contributed by atoms with van der Waals surface area (Å²) in [5, 5.41) is 11.7. The Morgan fingerprint density at radius 1 is 1.34 bits per heavy atom. The van der Waals surface area contributed by atoms with Gasteiger partial charge in [0.25, 0.3) is 0 Å². The number of rotatable bonds is 8. The molecule has 2 rings (SSSR count). The summed E-state index contributed by atoms with van der Waals surface area (Å²) in [5.41, 5.74) is 3.98. The van der Waals surface area contributed by atoms with E-state index in [1.807, 2.05) is 0 Å². The number of aromatic nitrogens is 1. The maximum Gasteiger partial charge on any atom is 0.344 e. The number of anilines is 1. The SMILES string of the molecule is Cc1cc(F)c(COc2nsc(NC(=O)N(C)CCCN)c2C(=O)O)c(F)c1F. The van der Waals surface area contributed by atoms with Crippen molar-refractivity contribution in [3.05, 3.63) is 40.2 Å². The summed E-state index contributed by atoms with van der Waals surface area (Å²) in [6, 6.07) is 0.216. The smallest absolute Gasteiger partial charge is 0.344 e. The zero-order valence-corrected chi connectivity index (χ0v) is 16.4. The molecular weight excluding hydrogens is 413 g/mol. The Bertz CT molecular complexity index is 923. The molecule has 0 atom stereocenters. The molecule has 2 aromatic rings. The van der Waals surface area contributed by atoms with Gasteiger partial charge < -0.3 is 20.5 Å². The van der Waals surface area contributed by atoms with Crippen LogP contribution in [0.5, 0.6) is 5.88 Å². The molecule has 12 heteroatoms. The van der Waals surface area contributed by atoms with E-state index >= 15 is 0 Å². The Morgan fingerprint density at radius 3 is 2.66 bits per heavy atom. The van der Waals surface area contributed by atoms with Crippen LogP contribution in [0.15, 0.2) is 6.07 Å². The number of aryl methyl sites for hydroxylation is 1. The third-order valence-corrected chi connectivity index (χ3v) is 4.67. The second-order valence-corrected chi connectivity index (χ2v) is 6.83. The highest BCUT2D eigenvalue weighted by atomic mass is 32.1. The van der Waals surface area contributed by atoms with Crippen LogP contribution in [-0.4, -0.2) is 46.5 Å². The van der Waals surface area contributed by atoms with Gasteiger partial charge in [0.15, 0.2) is 17.2 Å². The summed E-state index contributed by atoms with van der Waals surface area (Å²) in [6.45, 7) is 1.14. The molecule has 0 aliphatic rings. The number of carboxylic acids is 1. The predicted octanol–water partition coefficient (Wildman–Crippen LogP) is 2.96. The second kappa shape index (κ2) is 9.56. The number of urea groups is 1. The van der Waals surface area contributed by atoms with E-state index in [-0.39, 0.29) is 10.6 Å². The number of hydrogen-bond acceptors (Lipinski definition) is 6. The first kappa shape index (κ1) is 22.4. The number of aromatic carboxylic acids is 1. The first-order valence-electron chi connectivity index (χ1n) is 8.38. The number of carbonyl (C=O) groups is 2. The molecule has 0 fully saturated rings. The first-order valence-corrected chi connectivity index (χ1v) is 9.15. The van der Waals surface area contributed by atoms with Crippen LogP contribution >= 0.6 is 11.5 Å². The Kier molecular flexibility index (Phi) is 7.40. The average Bonchev–Trinajstić information content (AvgIpc) is 3.06. The minimum absolute atomic E-state index is 0.117. The van der Waals surface area contributed by atoms with Gasteiger partial charge in [0.1, 0.15) is 17.4 Å². The van der Waals surface area contributed by atoms with Crippen molar-refractivity contribution in [2.24, 2.45) is 5.73 Å². The molecule has 0 bridgehead atoms. The average molecular weight is 432 g/mol. The van der Waals surface area contributed by atoms with Gasteiger partial charge in [0, 0.05) is 13.6 Å². The van der Waals surface area contributed by atoms with E-state index in [0.717, 1.165) is 6.07 Å².